The van der Waals surface area contributed by atoms with Gasteiger partial charge in [0.1, 0.15) is 0 Å². The van der Waals surface area contributed by atoms with Crippen LogP contribution in [-0.2, 0) is 22.6 Å². The molecule has 2 aliphatic heterocycles. The molecule has 1 saturated heterocycles. The normalized spacial score (nSPS) is 19.9. The highest BCUT2D eigenvalue weighted by Gasteiger charge is 2.39. The molecule has 0 aliphatic carbocycles. The number of aliphatic hydroxyl groups excluding tert-OH is 1. The highest BCUT2D eigenvalue weighted by Crippen LogP contribution is 2.43. The number of amides is 2. The first-order valence-electron chi connectivity index (χ1n) is 17.1. The minimum atomic E-state index is -0.655. The topological polar surface area (TPSA) is 120 Å². The lowest BCUT2D eigenvalue weighted by molar-refractivity contribution is -0.268. The van der Waals surface area contributed by atoms with E-state index in [1.54, 1.807) is 28.9 Å². The maximum Gasteiger partial charge on any atom is 0.261 e. The van der Waals surface area contributed by atoms with Crippen molar-refractivity contribution in [3.8, 4) is 16.8 Å². The van der Waals surface area contributed by atoms with E-state index in [-0.39, 0.29) is 43.1 Å². The van der Waals surface area contributed by atoms with Crippen molar-refractivity contribution in [3.63, 3.8) is 0 Å². The van der Waals surface area contributed by atoms with Gasteiger partial charge in [-0.2, -0.15) is 4.68 Å². The molecule has 0 unspecified atom stereocenters. The highest BCUT2D eigenvalue weighted by atomic mass is 32.2. The molecule has 4 atom stereocenters. The second-order valence-electron chi connectivity index (χ2n) is 12.9. The number of benzene rings is 5. The number of ether oxygens (including phenoxy) is 2. The largest absolute Gasteiger partial charge is 0.392 e. The van der Waals surface area contributed by atoms with Gasteiger partial charge in [-0.05, 0) is 62.5 Å². The highest BCUT2D eigenvalue weighted by molar-refractivity contribution is 7.99. The van der Waals surface area contributed by atoms with Gasteiger partial charge >= 0.3 is 0 Å². The van der Waals surface area contributed by atoms with Gasteiger partial charge in [-0.1, -0.05) is 122 Å². The van der Waals surface area contributed by atoms with E-state index in [4.69, 9.17) is 9.47 Å². The van der Waals surface area contributed by atoms with Crippen LogP contribution in [0.2, 0.25) is 0 Å². The Morgan fingerprint density at radius 1 is 0.731 bits per heavy atom. The fourth-order valence-corrected chi connectivity index (χ4v) is 7.83. The molecule has 0 bridgehead atoms. The zero-order chi connectivity index (χ0) is 35.6. The number of carbonyl (C=O) groups is 2. The summed E-state index contributed by atoms with van der Waals surface area (Å²) in [6, 6.07) is 40.4. The molecule has 0 spiro atoms. The average Bonchev–Trinajstić information content (AvgIpc) is 3.77. The summed E-state index contributed by atoms with van der Waals surface area (Å²) in [6.07, 6.45) is -1.15. The lowest BCUT2D eigenvalue weighted by atomic mass is 9.91. The van der Waals surface area contributed by atoms with Crippen molar-refractivity contribution in [2.24, 2.45) is 5.92 Å². The van der Waals surface area contributed by atoms with Crippen molar-refractivity contribution >= 4 is 23.6 Å². The first-order chi connectivity index (χ1) is 25.5. The van der Waals surface area contributed by atoms with Crippen molar-refractivity contribution < 1.29 is 24.2 Å². The molecular formula is C41H35N5O5S. The summed E-state index contributed by atoms with van der Waals surface area (Å²) < 4.78 is 15.1. The van der Waals surface area contributed by atoms with Crippen LogP contribution < -0.4 is 0 Å². The van der Waals surface area contributed by atoms with Crippen LogP contribution in [0.25, 0.3) is 16.8 Å². The SMILES string of the molecule is C[C@@H]1[C@H](CSc2nnnn2-c2ccccc2)O[C@H](c2ccc(-c3ccccc3CN3C(=O)c4ccccc4C3=O)cc2)O[C@@H]1c1ccc(CO)cc1. The molecule has 0 saturated carbocycles. The molecule has 2 aliphatic rings. The standard InChI is InChI=1S/C41H35N5O5S/c1-26-36(25-52-41-42-43-44-46(41)32-10-3-2-4-11-32)50-40(51-37(26)29-17-15-27(24-47)16-18-29)30-21-19-28(20-22-30)33-12-6-5-9-31(33)23-45-38(48)34-13-7-8-14-35(34)39(45)49/h2-22,26,36-37,40,47H,23-25H2,1H3/t26-,36+,37+,40+/m1/s1. The first-order valence-corrected chi connectivity index (χ1v) is 18.1. The zero-order valence-electron chi connectivity index (χ0n) is 28.3. The van der Waals surface area contributed by atoms with Crippen LogP contribution in [0.15, 0.2) is 133 Å². The quantitative estimate of drug-likeness (QED) is 0.116. The Labute approximate surface area is 305 Å². The smallest absolute Gasteiger partial charge is 0.261 e. The maximum atomic E-state index is 13.1. The number of hydrogen-bond acceptors (Lipinski definition) is 9. The van der Waals surface area contributed by atoms with E-state index in [2.05, 4.69) is 22.4 Å². The molecule has 52 heavy (non-hydrogen) atoms. The summed E-state index contributed by atoms with van der Waals surface area (Å²) in [5.41, 5.74) is 7.17. The average molecular weight is 710 g/mol. The number of nitrogens with zero attached hydrogens (tertiary/aromatic N) is 5. The summed E-state index contributed by atoms with van der Waals surface area (Å²) in [7, 11) is 0. The molecule has 11 heteroatoms. The van der Waals surface area contributed by atoms with Gasteiger partial charge in [0.15, 0.2) is 6.29 Å². The molecule has 5 aromatic carbocycles. The number of tetrazole rings is 1. The van der Waals surface area contributed by atoms with E-state index in [1.807, 2.05) is 103 Å². The van der Waals surface area contributed by atoms with Gasteiger partial charge in [0.05, 0.1) is 42.2 Å². The minimum absolute atomic E-state index is 0.0157. The third-order valence-corrected chi connectivity index (χ3v) is 10.7. The molecule has 8 rings (SSSR count). The number of imide groups is 1. The zero-order valence-corrected chi connectivity index (χ0v) is 29.1. The number of hydrogen-bond donors (Lipinski definition) is 1. The Morgan fingerprint density at radius 2 is 1.37 bits per heavy atom. The molecule has 0 radical (unpaired) electrons. The third-order valence-electron chi connectivity index (χ3n) is 9.66. The van der Waals surface area contributed by atoms with Crippen LogP contribution in [-0.4, -0.2) is 53.9 Å². The van der Waals surface area contributed by atoms with Crippen molar-refractivity contribution in [2.45, 2.75) is 43.7 Å². The Kier molecular flexibility index (Phi) is 9.48. The van der Waals surface area contributed by atoms with Crippen LogP contribution in [0.5, 0.6) is 0 Å². The Bertz CT molecular complexity index is 2170. The lowest BCUT2D eigenvalue weighted by Crippen LogP contribution is -2.38. The molecule has 2 amide bonds. The summed E-state index contributed by atoms with van der Waals surface area (Å²) in [4.78, 5) is 27.6. The van der Waals surface area contributed by atoms with Crippen molar-refractivity contribution in [2.75, 3.05) is 5.75 Å². The van der Waals surface area contributed by atoms with Gasteiger partial charge in [0, 0.05) is 17.2 Å². The number of carbonyl (C=O) groups excluding carboxylic acids is 2. The van der Waals surface area contributed by atoms with Crippen LogP contribution in [0.1, 0.15) is 62.3 Å². The predicted octanol–water partition coefficient (Wildman–Crippen LogP) is 7.20. The van der Waals surface area contributed by atoms with Gasteiger partial charge < -0.3 is 14.6 Å². The maximum absolute atomic E-state index is 13.1. The number of aliphatic hydroxyl groups is 1. The second kappa shape index (κ2) is 14.6. The van der Waals surface area contributed by atoms with Gasteiger partial charge in [0.25, 0.3) is 11.8 Å². The Hall–Kier alpha value is -5.46. The van der Waals surface area contributed by atoms with Gasteiger partial charge in [0.2, 0.25) is 5.16 Å². The molecule has 260 valence electrons. The summed E-state index contributed by atoms with van der Waals surface area (Å²) >= 11 is 1.53. The van der Waals surface area contributed by atoms with Crippen LogP contribution >= 0.6 is 11.8 Å². The minimum Gasteiger partial charge on any atom is -0.392 e. The van der Waals surface area contributed by atoms with E-state index < -0.39 is 6.29 Å². The molecule has 6 aromatic rings. The lowest BCUT2D eigenvalue weighted by Gasteiger charge is -2.41. The molecular weight excluding hydrogens is 675 g/mol. The number of aromatic nitrogens is 4. The third kappa shape index (κ3) is 6.55. The fourth-order valence-electron chi connectivity index (χ4n) is 6.78. The van der Waals surface area contributed by atoms with Crippen molar-refractivity contribution in [1.82, 2.24) is 25.1 Å². The van der Waals surface area contributed by atoms with Crippen LogP contribution in [0, 0.1) is 5.92 Å². The van der Waals surface area contributed by atoms with E-state index >= 15 is 0 Å². The molecule has 10 nitrogen and oxygen atoms in total. The monoisotopic (exact) mass is 709 g/mol. The fraction of sp³-hybridized carbons (Fsp3) is 0.195. The van der Waals surface area contributed by atoms with Gasteiger partial charge in [-0.25, -0.2) is 0 Å². The van der Waals surface area contributed by atoms with Gasteiger partial charge in [-0.3, -0.25) is 14.5 Å². The van der Waals surface area contributed by atoms with Crippen LogP contribution in [0.3, 0.4) is 0 Å². The number of para-hydroxylation sites is 1. The molecule has 1 fully saturated rings. The van der Waals surface area contributed by atoms with E-state index in [0.29, 0.717) is 22.0 Å². The van der Waals surface area contributed by atoms with E-state index in [9.17, 15) is 14.7 Å². The van der Waals surface area contributed by atoms with Crippen molar-refractivity contribution in [1.29, 1.82) is 0 Å². The predicted molar refractivity (Wildman–Crippen MR) is 195 cm³/mol. The summed E-state index contributed by atoms with van der Waals surface area (Å²) in [6.45, 7) is 2.26. The molecule has 3 heterocycles. The molecule has 1 aromatic heterocycles. The van der Waals surface area contributed by atoms with E-state index in [1.165, 1.54) is 16.7 Å². The second-order valence-corrected chi connectivity index (χ2v) is 13.9. The molecule has 1 N–H and O–H groups in total. The van der Waals surface area contributed by atoms with Crippen LogP contribution in [0.4, 0.5) is 0 Å². The number of rotatable bonds is 10. The van der Waals surface area contributed by atoms with Crippen molar-refractivity contribution in [3.05, 3.63) is 161 Å². The Morgan fingerprint density at radius 3 is 2.06 bits per heavy atom. The number of fused-ring (bicyclic) bond motifs is 1. The van der Waals surface area contributed by atoms with Gasteiger partial charge in [-0.15, -0.1) is 5.10 Å². The Balaban J connectivity index is 1.04. The summed E-state index contributed by atoms with van der Waals surface area (Å²) in [5.74, 6) is 0.00817. The first kappa shape index (κ1) is 33.7. The number of thioether (sulfide) groups is 1. The summed E-state index contributed by atoms with van der Waals surface area (Å²) in [5, 5.41) is 22.7. The van der Waals surface area contributed by atoms with E-state index in [0.717, 1.165) is 39.1 Å².